The van der Waals surface area contributed by atoms with Crippen LogP contribution in [0.15, 0.2) is 18.2 Å². The van der Waals surface area contributed by atoms with Gasteiger partial charge >= 0.3 is 18.4 Å². The highest BCUT2D eigenvalue weighted by Gasteiger charge is 2.38. The Morgan fingerprint density at radius 3 is 1.91 bits per heavy atom. The van der Waals surface area contributed by atoms with Crippen LogP contribution in [-0.4, -0.2) is 12.7 Å². The lowest BCUT2D eigenvalue weighted by Crippen LogP contribution is -2.35. The number of carbonyl (C=O) groups excluding carboxylic acids is 1. The van der Waals surface area contributed by atoms with Crippen LogP contribution in [0.4, 0.5) is 31.1 Å². The Labute approximate surface area is 127 Å². The van der Waals surface area contributed by atoms with Crippen molar-refractivity contribution in [3.63, 3.8) is 0 Å². The predicted molar refractivity (Wildman–Crippen MR) is 65.5 cm³/mol. The van der Waals surface area contributed by atoms with Gasteiger partial charge in [0.1, 0.15) is 0 Å². The number of alkyl carbamates (subject to hydrolysis) is 1. The fourth-order valence-electron chi connectivity index (χ4n) is 1.96. The van der Waals surface area contributed by atoms with Gasteiger partial charge in [-0.3, -0.25) is 0 Å². The van der Waals surface area contributed by atoms with E-state index in [4.69, 9.17) is 0 Å². The molecular weight excluding hydrogens is 340 g/mol. The molecule has 0 aromatic heterocycles. The molecule has 1 atom stereocenters. The van der Waals surface area contributed by atoms with Crippen molar-refractivity contribution in [1.29, 1.82) is 0 Å². The summed E-state index contributed by atoms with van der Waals surface area (Å²) in [4.78, 5) is 11.0. The van der Waals surface area contributed by atoms with Crippen molar-refractivity contribution in [2.45, 2.75) is 24.8 Å². The molecule has 3 nitrogen and oxygen atoms in total. The van der Waals surface area contributed by atoms with E-state index in [9.17, 15) is 31.1 Å². The van der Waals surface area contributed by atoms with Crippen molar-refractivity contribution >= 4 is 18.5 Å². The van der Waals surface area contributed by atoms with E-state index in [0.29, 0.717) is 12.1 Å². The van der Waals surface area contributed by atoms with Crippen molar-refractivity contribution in [3.05, 3.63) is 34.9 Å². The summed E-state index contributed by atoms with van der Waals surface area (Å²) in [5.41, 5.74) is -3.07. The van der Waals surface area contributed by atoms with Crippen LogP contribution in [0.1, 0.15) is 29.2 Å². The van der Waals surface area contributed by atoms with Crippen LogP contribution in [0.5, 0.6) is 0 Å². The maximum absolute atomic E-state index is 12.7. The van der Waals surface area contributed by atoms with E-state index in [-0.39, 0.29) is 37.1 Å². The number of cyclic esters (lactones) is 1. The van der Waals surface area contributed by atoms with E-state index in [1.54, 1.807) is 0 Å². The van der Waals surface area contributed by atoms with Crippen LogP contribution >= 0.6 is 12.4 Å². The molecule has 1 heterocycles. The maximum atomic E-state index is 12.7. The van der Waals surface area contributed by atoms with Crippen molar-refractivity contribution in [3.8, 4) is 0 Å². The minimum atomic E-state index is -4.91. The van der Waals surface area contributed by atoms with Crippen LogP contribution in [0.3, 0.4) is 0 Å². The Morgan fingerprint density at radius 2 is 1.50 bits per heavy atom. The summed E-state index contributed by atoms with van der Waals surface area (Å²) in [7, 11) is 0. The minimum absolute atomic E-state index is 0. The first kappa shape index (κ1) is 18.4. The van der Waals surface area contributed by atoms with Gasteiger partial charge in [-0.2, -0.15) is 26.3 Å². The van der Waals surface area contributed by atoms with Gasteiger partial charge in [0, 0.05) is 6.42 Å². The van der Waals surface area contributed by atoms with Crippen molar-refractivity contribution in [2.24, 2.45) is 0 Å². The Hall–Kier alpha value is -1.64. The normalized spacial score (nSPS) is 19.0. The Balaban J connectivity index is 0.00000242. The third-order valence-corrected chi connectivity index (χ3v) is 2.94. The summed E-state index contributed by atoms with van der Waals surface area (Å²) in [5.74, 6) is 0. The molecule has 22 heavy (non-hydrogen) atoms. The highest BCUT2D eigenvalue weighted by Crippen LogP contribution is 2.38. The van der Waals surface area contributed by atoms with Crippen molar-refractivity contribution in [2.75, 3.05) is 6.61 Å². The number of amides is 1. The van der Waals surface area contributed by atoms with Crippen LogP contribution in [-0.2, 0) is 17.1 Å². The highest BCUT2D eigenvalue weighted by molar-refractivity contribution is 5.85. The van der Waals surface area contributed by atoms with E-state index in [1.165, 1.54) is 0 Å². The molecule has 1 amide bonds. The van der Waals surface area contributed by atoms with Gasteiger partial charge in [0.25, 0.3) is 0 Å². The zero-order valence-corrected chi connectivity index (χ0v) is 11.5. The molecule has 1 aliphatic heterocycles. The smallest absolute Gasteiger partial charge is 0.416 e. The first-order valence-electron chi connectivity index (χ1n) is 5.80. The van der Waals surface area contributed by atoms with Gasteiger partial charge in [-0.05, 0) is 23.8 Å². The summed E-state index contributed by atoms with van der Waals surface area (Å²) in [6.45, 7) is -0.0753. The molecule has 1 N–H and O–H groups in total. The van der Waals surface area contributed by atoms with Gasteiger partial charge in [0.05, 0.1) is 23.8 Å². The number of benzene rings is 1. The third-order valence-electron chi connectivity index (χ3n) is 2.94. The van der Waals surface area contributed by atoms with Crippen LogP contribution < -0.4 is 5.32 Å². The molecular formula is C12H10ClF6NO2. The molecule has 1 fully saturated rings. The highest BCUT2D eigenvalue weighted by atomic mass is 35.5. The number of carbonyl (C=O) groups is 1. The number of hydrogen-bond acceptors (Lipinski definition) is 2. The molecule has 0 unspecified atom stereocenters. The lowest BCUT2D eigenvalue weighted by atomic mass is 9.97. The van der Waals surface area contributed by atoms with Crippen LogP contribution in [0.2, 0.25) is 0 Å². The van der Waals surface area contributed by atoms with Crippen molar-refractivity contribution in [1.82, 2.24) is 5.32 Å². The molecule has 0 bridgehead atoms. The van der Waals surface area contributed by atoms with E-state index >= 15 is 0 Å². The number of rotatable bonds is 1. The Bertz CT molecular complexity index is 525. The summed E-state index contributed by atoms with van der Waals surface area (Å²) in [6, 6.07) is 0.302. The number of ether oxygens (including phenoxy) is 1. The quantitative estimate of drug-likeness (QED) is 0.767. The third kappa shape index (κ3) is 4.19. The largest absolute Gasteiger partial charge is 0.449 e. The lowest BCUT2D eigenvalue weighted by Gasteiger charge is -2.25. The zero-order valence-electron chi connectivity index (χ0n) is 10.7. The molecule has 1 aromatic rings. The van der Waals surface area contributed by atoms with Gasteiger partial charge in [0.2, 0.25) is 0 Å². The number of alkyl halides is 6. The second kappa shape index (κ2) is 6.23. The maximum Gasteiger partial charge on any atom is 0.416 e. The standard InChI is InChI=1S/C12H9F6NO2.ClH/c13-11(14,15)7-3-6(4-8(5-7)12(16,17)18)9-1-2-21-10(20)19-9;/h3-5,9H,1-2H2,(H,19,20);1H/t9-;/m1./s1. The fraction of sp³-hybridized carbons (Fsp3) is 0.417. The van der Waals surface area contributed by atoms with Gasteiger partial charge in [0.15, 0.2) is 0 Å². The average molecular weight is 350 g/mol. The number of hydrogen-bond donors (Lipinski definition) is 1. The van der Waals surface area contributed by atoms with Gasteiger partial charge < -0.3 is 10.1 Å². The molecule has 0 spiro atoms. The zero-order chi connectivity index (χ0) is 15.8. The topological polar surface area (TPSA) is 38.3 Å². The molecule has 2 rings (SSSR count). The summed E-state index contributed by atoms with van der Waals surface area (Å²) in [6.07, 6.45) is -10.6. The fourth-order valence-corrected chi connectivity index (χ4v) is 1.96. The first-order chi connectivity index (χ1) is 9.57. The molecule has 0 aliphatic carbocycles. The number of halogens is 7. The molecule has 10 heteroatoms. The van der Waals surface area contributed by atoms with E-state index in [1.807, 2.05) is 0 Å². The van der Waals surface area contributed by atoms with E-state index in [2.05, 4.69) is 10.1 Å². The Kier molecular flexibility index (Phi) is 5.21. The monoisotopic (exact) mass is 349 g/mol. The van der Waals surface area contributed by atoms with Crippen LogP contribution in [0, 0.1) is 0 Å². The Morgan fingerprint density at radius 1 is 1.00 bits per heavy atom. The van der Waals surface area contributed by atoms with Crippen molar-refractivity contribution < 1.29 is 35.9 Å². The minimum Gasteiger partial charge on any atom is -0.449 e. The van der Waals surface area contributed by atoms with E-state index in [0.717, 1.165) is 0 Å². The SMILES string of the molecule is Cl.O=C1N[C@@H](c2cc(C(F)(F)F)cc(C(F)(F)F)c2)CCO1. The van der Waals surface area contributed by atoms with Gasteiger partial charge in [-0.25, -0.2) is 4.79 Å². The van der Waals surface area contributed by atoms with Crippen LogP contribution in [0.25, 0.3) is 0 Å². The van der Waals surface area contributed by atoms with E-state index < -0.39 is 35.6 Å². The predicted octanol–water partition coefficient (Wildman–Crippen LogP) is 4.32. The van der Waals surface area contributed by atoms with Gasteiger partial charge in [-0.1, -0.05) is 0 Å². The second-order valence-electron chi connectivity index (χ2n) is 4.46. The first-order valence-corrected chi connectivity index (χ1v) is 5.80. The second-order valence-corrected chi connectivity index (χ2v) is 4.46. The summed E-state index contributed by atoms with van der Waals surface area (Å²) in [5, 5.41) is 2.19. The summed E-state index contributed by atoms with van der Waals surface area (Å²) >= 11 is 0. The number of nitrogens with one attached hydrogen (secondary N) is 1. The lowest BCUT2D eigenvalue weighted by molar-refractivity contribution is -0.143. The molecule has 0 radical (unpaired) electrons. The van der Waals surface area contributed by atoms with Gasteiger partial charge in [-0.15, -0.1) is 12.4 Å². The molecule has 124 valence electrons. The molecule has 1 saturated heterocycles. The average Bonchev–Trinajstić information content (AvgIpc) is 2.36. The summed E-state index contributed by atoms with van der Waals surface area (Å²) < 4.78 is 80.7. The molecule has 0 saturated carbocycles. The molecule has 1 aliphatic rings. The molecule has 1 aromatic carbocycles.